The minimum absolute atomic E-state index is 0.0753. The molecule has 1 heterocycles. The number of carbonyl (C=O) groups excluding carboxylic acids is 2. The lowest BCUT2D eigenvalue weighted by Gasteiger charge is -2.19. The van der Waals surface area contributed by atoms with Crippen molar-refractivity contribution in [2.45, 2.75) is 12.3 Å². The summed E-state index contributed by atoms with van der Waals surface area (Å²) in [5.74, 6) is -1.33. The molecule has 1 aliphatic rings. The highest BCUT2D eigenvalue weighted by atomic mass is 16.5. The monoisotopic (exact) mass is 233 g/mol. The highest BCUT2D eigenvalue weighted by Crippen LogP contribution is 2.32. The number of methoxy groups -OCH3 is 1. The number of Topliss-reactive ketones (excluding diaryl/α,β-unsaturated/α-hetero) is 1. The van der Waals surface area contributed by atoms with Gasteiger partial charge in [-0.3, -0.25) is 9.59 Å². The van der Waals surface area contributed by atoms with Gasteiger partial charge < -0.3 is 9.64 Å². The van der Waals surface area contributed by atoms with Crippen LogP contribution >= 0.6 is 0 Å². The van der Waals surface area contributed by atoms with Gasteiger partial charge in [0.1, 0.15) is 5.92 Å². The van der Waals surface area contributed by atoms with E-state index in [1.807, 2.05) is 36.2 Å². The van der Waals surface area contributed by atoms with Crippen LogP contribution in [0.15, 0.2) is 24.3 Å². The molecule has 0 fully saturated rings. The number of esters is 1. The zero-order chi connectivity index (χ0) is 12.4. The molecule has 0 N–H and O–H groups in total. The second kappa shape index (κ2) is 4.57. The van der Waals surface area contributed by atoms with Gasteiger partial charge in [0, 0.05) is 25.7 Å². The summed E-state index contributed by atoms with van der Waals surface area (Å²) in [7, 11) is 3.23. The Hall–Kier alpha value is -1.84. The van der Waals surface area contributed by atoms with Crippen LogP contribution in [0.4, 0.5) is 5.69 Å². The van der Waals surface area contributed by atoms with Gasteiger partial charge in [-0.1, -0.05) is 18.2 Å². The van der Waals surface area contributed by atoms with Crippen molar-refractivity contribution >= 4 is 17.4 Å². The predicted octanol–water partition coefficient (Wildman–Crippen LogP) is 1.35. The fraction of sp³-hybridized carbons (Fsp3) is 0.385. The topological polar surface area (TPSA) is 46.6 Å². The molecule has 0 amide bonds. The first-order valence-corrected chi connectivity index (χ1v) is 5.55. The maximum Gasteiger partial charge on any atom is 0.320 e. The van der Waals surface area contributed by atoms with Gasteiger partial charge in [0.25, 0.3) is 0 Å². The quantitative estimate of drug-likeness (QED) is 0.542. The molecular formula is C13H15NO3. The third-order valence-electron chi connectivity index (χ3n) is 3.11. The summed E-state index contributed by atoms with van der Waals surface area (Å²) in [6.45, 7) is 0.628. The summed E-state index contributed by atoms with van der Waals surface area (Å²) in [6, 6.07) is 7.47. The lowest BCUT2D eigenvalue weighted by molar-refractivity contribution is -0.145. The standard InChI is InChI=1S/C13H15NO3/c1-14-8-7-11(15)12(13(16)17-2)9-5-3-4-6-10(9)14/h3-6,12H,7-8H2,1-2H3. The first-order valence-electron chi connectivity index (χ1n) is 5.55. The Morgan fingerprint density at radius 2 is 2.12 bits per heavy atom. The van der Waals surface area contributed by atoms with E-state index in [2.05, 4.69) is 0 Å². The van der Waals surface area contributed by atoms with Crippen molar-refractivity contribution in [3.63, 3.8) is 0 Å². The van der Waals surface area contributed by atoms with Gasteiger partial charge in [-0.25, -0.2) is 0 Å². The number of para-hydroxylation sites is 1. The van der Waals surface area contributed by atoms with Crippen molar-refractivity contribution in [2.24, 2.45) is 0 Å². The average molecular weight is 233 g/mol. The molecule has 4 heteroatoms. The Balaban J connectivity index is 2.53. The van der Waals surface area contributed by atoms with Crippen molar-refractivity contribution in [3.05, 3.63) is 29.8 Å². The Morgan fingerprint density at radius 3 is 2.82 bits per heavy atom. The van der Waals surface area contributed by atoms with Crippen LogP contribution in [0.2, 0.25) is 0 Å². The molecule has 4 nitrogen and oxygen atoms in total. The number of hydrogen-bond donors (Lipinski definition) is 0. The summed E-state index contributed by atoms with van der Waals surface area (Å²) in [5.41, 5.74) is 1.66. The van der Waals surface area contributed by atoms with E-state index in [0.29, 0.717) is 13.0 Å². The molecule has 1 unspecified atom stereocenters. The van der Waals surface area contributed by atoms with E-state index < -0.39 is 11.9 Å². The second-order valence-corrected chi connectivity index (χ2v) is 4.15. The van der Waals surface area contributed by atoms with E-state index in [4.69, 9.17) is 4.74 Å². The van der Waals surface area contributed by atoms with Crippen LogP contribution in [0.1, 0.15) is 17.9 Å². The summed E-state index contributed by atoms with van der Waals surface area (Å²) in [4.78, 5) is 25.7. The average Bonchev–Trinajstić information content (AvgIpc) is 2.47. The molecule has 90 valence electrons. The molecule has 0 bridgehead atoms. The molecule has 1 aromatic carbocycles. The van der Waals surface area contributed by atoms with Crippen LogP contribution < -0.4 is 4.90 Å². The molecule has 0 spiro atoms. The second-order valence-electron chi connectivity index (χ2n) is 4.15. The molecule has 0 aromatic heterocycles. The van der Waals surface area contributed by atoms with E-state index in [1.54, 1.807) is 0 Å². The van der Waals surface area contributed by atoms with Crippen molar-refractivity contribution in [3.8, 4) is 0 Å². The van der Waals surface area contributed by atoms with Crippen LogP contribution in [-0.4, -0.2) is 32.5 Å². The zero-order valence-electron chi connectivity index (χ0n) is 9.97. The Kier molecular flexibility index (Phi) is 3.13. The maximum absolute atomic E-state index is 12.0. The van der Waals surface area contributed by atoms with Gasteiger partial charge in [0.15, 0.2) is 5.78 Å². The number of ketones is 1. The van der Waals surface area contributed by atoms with Crippen molar-refractivity contribution < 1.29 is 14.3 Å². The summed E-state index contributed by atoms with van der Waals surface area (Å²) in [5, 5.41) is 0. The number of fused-ring (bicyclic) bond motifs is 1. The number of hydrogen-bond acceptors (Lipinski definition) is 4. The maximum atomic E-state index is 12.0. The fourth-order valence-corrected chi connectivity index (χ4v) is 2.17. The van der Waals surface area contributed by atoms with Crippen LogP contribution in [-0.2, 0) is 14.3 Å². The first-order chi connectivity index (χ1) is 8.15. The summed E-state index contributed by atoms with van der Waals surface area (Å²) >= 11 is 0. The number of ether oxygens (including phenoxy) is 1. The number of rotatable bonds is 1. The molecule has 1 aromatic rings. The van der Waals surface area contributed by atoms with Crippen LogP contribution in [0, 0.1) is 0 Å². The van der Waals surface area contributed by atoms with E-state index >= 15 is 0 Å². The van der Waals surface area contributed by atoms with E-state index in [9.17, 15) is 9.59 Å². The van der Waals surface area contributed by atoms with Crippen LogP contribution in [0.25, 0.3) is 0 Å². The van der Waals surface area contributed by atoms with Gasteiger partial charge in [-0.15, -0.1) is 0 Å². The van der Waals surface area contributed by atoms with Gasteiger partial charge in [0.05, 0.1) is 7.11 Å². The SMILES string of the molecule is COC(=O)C1C(=O)CCN(C)c2ccccc21. The first kappa shape index (κ1) is 11.6. The third-order valence-corrected chi connectivity index (χ3v) is 3.11. The van der Waals surface area contributed by atoms with Gasteiger partial charge in [-0.2, -0.15) is 0 Å². The van der Waals surface area contributed by atoms with E-state index in [0.717, 1.165) is 11.3 Å². The lowest BCUT2D eigenvalue weighted by Crippen LogP contribution is -2.22. The normalized spacial score (nSPS) is 19.5. The smallest absolute Gasteiger partial charge is 0.320 e. The van der Waals surface area contributed by atoms with E-state index in [-0.39, 0.29) is 5.78 Å². The minimum atomic E-state index is -0.777. The van der Waals surface area contributed by atoms with Crippen LogP contribution in [0.5, 0.6) is 0 Å². The number of nitrogens with zero attached hydrogens (tertiary/aromatic N) is 1. The predicted molar refractivity (Wildman–Crippen MR) is 64.1 cm³/mol. The summed E-state index contributed by atoms with van der Waals surface area (Å²) < 4.78 is 4.73. The Morgan fingerprint density at radius 1 is 1.41 bits per heavy atom. The highest BCUT2D eigenvalue weighted by molar-refractivity contribution is 6.06. The minimum Gasteiger partial charge on any atom is -0.468 e. The number of anilines is 1. The lowest BCUT2D eigenvalue weighted by atomic mass is 9.93. The molecule has 1 atom stereocenters. The molecule has 0 radical (unpaired) electrons. The number of benzene rings is 1. The zero-order valence-corrected chi connectivity index (χ0v) is 9.97. The molecule has 0 saturated heterocycles. The Bertz CT molecular complexity index is 456. The number of carbonyl (C=O) groups is 2. The molecular weight excluding hydrogens is 218 g/mol. The molecule has 0 saturated carbocycles. The molecule has 1 aliphatic heterocycles. The van der Waals surface area contributed by atoms with Gasteiger partial charge in [-0.05, 0) is 11.6 Å². The highest BCUT2D eigenvalue weighted by Gasteiger charge is 2.33. The molecule has 2 rings (SSSR count). The fourth-order valence-electron chi connectivity index (χ4n) is 2.17. The van der Waals surface area contributed by atoms with Crippen molar-refractivity contribution in [1.82, 2.24) is 0 Å². The third kappa shape index (κ3) is 2.02. The largest absolute Gasteiger partial charge is 0.468 e. The molecule has 0 aliphatic carbocycles. The van der Waals surface area contributed by atoms with Crippen molar-refractivity contribution in [2.75, 3.05) is 25.6 Å². The van der Waals surface area contributed by atoms with Gasteiger partial charge >= 0.3 is 5.97 Å². The summed E-state index contributed by atoms with van der Waals surface area (Å²) in [6.07, 6.45) is 0.366. The molecule has 17 heavy (non-hydrogen) atoms. The van der Waals surface area contributed by atoms with Crippen LogP contribution in [0.3, 0.4) is 0 Å². The van der Waals surface area contributed by atoms with Crippen molar-refractivity contribution in [1.29, 1.82) is 0 Å². The van der Waals surface area contributed by atoms with E-state index in [1.165, 1.54) is 7.11 Å². The van der Waals surface area contributed by atoms with Gasteiger partial charge in [0.2, 0.25) is 0 Å². The Labute approximate surface area is 100 Å².